The molecule has 0 radical (unpaired) electrons. The van der Waals surface area contributed by atoms with E-state index in [9.17, 15) is 8.42 Å². The number of piperidine rings is 1. The van der Waals surface area contributed by atoms with Gasteiger partial charge in [-0.15, -0.1) is 11.3 Å². The molecule has 2 rings (SSSR count). The molecule has 7 heteroatoms. The molecule has 2 N–H and O–H groups in total. The summed E-state index contributed by atoms with van der Waals surface area (Å²) < 4.78 is 26.9. The van der Waals surface area contributed by atoms with Crippen LogP contribution in [-0.2, 0) is 10.0 Å². The van der Waals surface area contributed by atoms with Crippen molar-refractivity contribution in [1.82, 2.24) is 15.0 Å². The van der Waals surface area contributed by atoms with Crippen LogP contribution in [-0.4, -0.2) is 31.7 Å². The number of thiazole rings is 1. The fourth-order valence-corrected chi connectivity index (χ4v) is 4.63. The molecule has 2 unspecified atom stereocenters. The first kappa shape index (κ1) is 15.9. The molecule has 20 heavy (non-hydrogen) atoms. The average Bonchev–Trinajstić information content (AvgIpc) is 2.84. The van der Waals surface area contributed by atoms with Gasteiger partial charge in [0, 0.05) is 17.1 Å². The molecule has 2 atom stereocenters. The smallest absolute Gasteiger partial charge is 0.212 e. The van der Waals surface area contributed by atoms with E-state index in [1.165, 1.54) is 24.2 Å². The normalized spacial score (nSPS) is 21.8. The SMILES string of the molecule is Cc1cnc(C(C)NS(=O)(=O)CCC2CCCCN2)s1. The number of rotatable bonds is 6. The van der Waals surface area contributed by atoms with E-state index in [1.807, 2.05) is 13.8 Å². The molecule has 0 aromatic carbocycles. The van der Waals surface area contributed by atoms with Crippen molar-refractivity contribution in [3.05, 3.63) is 16.1 Å². The summed E-state index contributed by atoms with van der Waals surface area (Å²) in [5, 5.41) is 4.20. The zero-order valence-corrected chi connectivity index (χ0v) is 13.7. The van der Waals surface area contributed by atoms with E-state index in [0.29, 0.717) is 12.5 Å². The lowest BCUT2D eigenvalue weighted by molar-refractivity contribution is 0.392. The first-order valence-corrected chi connectivity index (χ1v) is 9.59. The number of aromatic nitrogens is 1. The van der Waals surface area contributed by atoms with Gasteiger partial charge < -0.3 is 5.32 Å². The summed E-state index contributed by atoms with van der Waals surface area (Å²) in [6.07, 6.45) is 5.92. The van der Waals surface area contributed by atoms with Crippen molar-refractivity contribution in [2.24, 2.45) is 0 Å². The van der Waals surface area contributed by atoms with Crippen LogP contribution in [0.25, 0.3) is 0 Å². The monoisotopic (exact) mass is 317 g/mol. The topological polar surface area (TPSA) is 71.1 Å². The molecule has 1 aliphatic heterocycles. The van der Waals surface area contributed by atoms with Crippen LogP contribution in [0.5, 0.6) is 0 Å². The van der Waals surface area contributed by atoms with Crippen molar-refractivity contribution in [3.8, 4) is 0 Å². The van der Waals surface area contributed by atoms with E-state index >= 15 is 0 Å². The second-order valence-corrected chi connectivity index (χ2v) is 8.54. The third kappa shape index (κ3) is 4.80. The van der Waals surface area contributed by atoms with E-state index in [0.717, 1.165) is 22.9 Å². The fourth-order valence-electron chi connectivity index (χ4n) is 2.42. The highest BCUT2D eigenvalue weighted by molar-refractivity contribution is 7.89. The largest absolute Gasteiger partial charge is 0.314 e. The maximum absolute atomic E-state index is 12.1. The van der Waals surface area contributed by atoms with Crippen molar-refractivity contribution in [2.75, 3.05) is 12.3 Å². The second-order valence-electron chi connectivity index (χ2n) is 5.40. The zero-order valence-electron chi connectivity index (χ0n) is 12.1. The lowest BCUT2D eigenvalue weighted by Crippen LogP contribution is -2.37. The van der Waals surface area contributed by atoms with Gasteiger partial charge in [-0.25, -0.2) is 18.1 Å². The predicted octanol–water partition coefficient (Wildman–Crippen LogP) is 1.96. The Kier molecular flexibility index (Phi) is 5.54. The van der Waals surface area contributed by atoms with Gasteiger partial charge in [0.05, 0.1) is 11.8 Å². The molecular formula is C13H23N3O2S2. The quantitative estimate of drug-likeness (QED) is 0.841. The van der Waals surface area contributed by atoms with Gasteiger partial charge in [-0.2, -0.15) is 0 Å². The van der Waals surface area contributed by atoms with Gasteiger partial charge in [-0.1, -0.05) is 6.42 Å². The Morgan fingerprint density at radius 2 is 2.35 bits per heavy atom. The van der Waals surface area contributed by atoms with E-state index < -0.39 is 10.0 Å². The predicted molar refractivity (Wildman–Crippen MR) is 82.4 cm³/mol. The Hall–Kier alpha value is -0.500. The first-order valence-electron chi connectivity index (χ1n) is 7.12. The number of aryl methyl sites for hydroxylation is 1. The molecule has 0 amide bonds. The molecule has 1 saturated heterocycles. The summed E-state index contributed by atoms with van der Waals surface area (Å²) >= 11 is 1.53. The van der Waals surface area contributed by atoms with E-state index in [4.69, 9.17) is 0 Å². The highest BCUT2D eigenvalue weighted by Crippen LogP contribution is 2.20. The molecule has 0 saturated carbocycles. The minimum atomic E-state index is -3.24. The van der Waals surface area contributed by atoms with E-state index in [-0.39, 0.29) is 11.8 Å². The lowest BCUT2D eigenvalue weighted by Gasteiger charge is -2.23. The van der Waals surface area contributed by atoms with Crippen LogP contribution in [0.4, 0.5) is 0 Å². The standard InChI is InChI=1S/C13H23N3O2S2/c1-10-9-15-13(19-10)11(2)16-20(17,18)8-6-12-5-3-4-7-14-12/h9,11-12,14,16H,3-8H2,1-2H3. The molecule has 1 fully saturated rings. The average molecular weight is 317 g/mol. The van der Waals surface area contributed by atoms with Crippen molar-refractivity contribution in [2.45, 2.75) is 51.6 Å². The maximum Gasteiger partial charge on any atom is 0.212 e. The summed E-state index contributed by atoms with van der Waals surface area (Å²) in [7, 11) is -3.24. The number of hydrogen-bond donors (Lipinski definition) is 2. The summed E-state index contributed by atoms with van der Waals surface area (Å²) in [6.45, 7) is 4.82. The Balaban J connectivity index is 1.83. The van der Waals surface area contributed by atoms with Gasteiger partial charge in [-0.05, 0) is 39.7 Å². The Labute approximate surface area is 125 Å². The van der Waals surface area contributed by atoms with Gasteiger partial charge in [0.15, 0.2) is 0 Å². The van der Waals surface area contributed by atoms with Gasteiger partial charge in [0.25, 0.3) is 0 Å². The van der Waals surface area contributed by atoms with Crippen LogP contribution in [0.3, 0.4) is 0 Å². The molecule has 0 bridgehead atoms. The van der Waals surface area contributed by atoms with Crippen molar-refractivity contribution in [3.63, 3.8) is 0 Å². The third-order valence-electron chi connectivity index (χ3n) is 3.51. The maximum atomic E-state index is 12.1. The van der Waals surface area contributed by atoms with E-state index in [1.54, 1.807) is 6.20 Å². The molecule has 1 aliphatic rings. The molecule has 1 aromatic rings. The van der Waals surface area contributed by atoms with Crippen molar-refractivity contribution < 1.29 is 8.42 Å². The van der Waals surface area contributed by atoms with Gasteiger partial charge in [0.1, 0.15) is 5.01 Å². The minimum absolute atomic E-state index is 0.180. The van der Waals surface area contributed by atoms with Gasteiger partial charge in [0.2, 0.25) is 10.0 Å². The number of nitrogens with one attached hydrogen (secondary N) is 2. The molecule has 0 spiro atoms. The summed E-state index contributed by atoms with van der Waals surface area (Å²) in [4.78, 5) is 5.32. The van der Waals surface area contributed by atoms with Gasteiger partial charge in [-0.3, -0.25) is 0 Å². The molecule has 5 nitrogen and oxygen atoms in total. The number of nitrogens with zero attached hydrogens (tertiary/aromatic N) is 1. The third-order valence-corrected chi connectivity index (χ3v) is 6.09. The first-order chi connectivity index (χ1) is 9.46. The molecule has 1 aromatic heterocycles. The summed E-state index contributed by atoms with van der Waals surface area (Å²) in [6, 6.07) is 0.0933. The summed E-state index contributed by atoms with van der Waals surface area (Å²) in [5.74, 6) is 0.180. The molecule has 2 heterocycles. The van der Waals surface area contributed by atoms with Crippen LogP contribution in [0.15, 0.2) is 6.20 Å². The Morgan fingerprint density at radius 1 is 1.55 bits per heavy atom. The van der Waals surface area contributed by atoms with Crippen molar-refractivity contribution >= 4 is 21.4 Å². The lowest BCUT2D eigenvalue weighted by atomic mass is 10.0. The van der Waals surface area contributed by atoms with Gasteiger partial charge >= 0.3 is 0 Å². The molecular weight excluding hydrogens is 294 g/mol. The zero-order chi connectivity index (χ0) is 14.6. The molecule has 0 aliphatic carbocycles. The number of hydrogen-bond acceptors (Lipinski definition) is 5. The van der Waals surface area contributed by atoms with E-state index in [2.05, 4.69) is 15.0 Å². The van der Waals surface area contributed by atoms with Crippen LogP contribution >= 0.6 is 11.3 Å². The second kappa shape index (κ2) is 6.98. The number of sulfonamides is 1. The highest BCUT2D eigenvalue weighted by Gasteiger charge is 2.20. The van der Waals surface area contributed by atoms with Crippen molar-refractivity contribution in [1.29, 1.82) is 0 Å². The van der Waals surface area contributed by atoms with Crippen LogP contribution < -0.4 is 10.0 Å². The fraction of sp³-hybridized carbons (Fsp3) is 0.769. The van der Waals surface area contributed by atoms with Crippen LogP contribution in [0.1, 0.15) is 48.5 Å². The highest BCUT2D eigenvalue weighted by atomic mass is 32.2. The molecule has 114 valence electrons. The minimum Gasteiger partial charge on any atom is -0.314 e. The summed E-state index contributed by atoms with van der Waals surface area (Å²) in [5.41, 5.74) is 0. The Bertz CT molecular complexity index is 521. The Morgan fingerprint density at radius 3 is 2.95 bits per heavy atom. The van der Waals surface area contributed by atoms with Crippen LogP contribution in [0, 0.1) is 6.92 Å². The van der Waals surface area contributed by atoms with Crippen LogP contribution in [0.2, 0.25) is 0 Å².